The minimum atomic E-state index is 0.0112. The van der Waals surface area contributed by atoms with Crippen LogP contribution < -0.4 is 5.73 Å². The molecule has 0 amide bonds. The van der Waals surface area contributed by atoms with Gasteiger partial charge in [0.2, 0.25) is 0 Å². The second-order valence-corrected chi connectivity index (χ2v) is 4.21. The number of nitriles is 1. The molecule has 0 aliphatic rings. The lowest BCUT2D eigenvalue weighted by Crippen LogP contribution is -2.28. The molecule has 1 aromatic rings. The summed E-state index contributed by atoms with van der Waals surface area (Å²) < 4.78 is 0. The van der Waals surface area contributed by atoms with Crippen LogP contribution in [0.4, 0.5) is 5.82 Å². The third kappa shape index (κ3) is 4.37. The number of nitrogen functional groups attached to an aromatic ring is 1. The van der Waals surface area contributed by atoms with Crippen molar-refractivity contribution < 1.29 is 0 Å². The van der Waals surface area contributed by atoms with Crippen molar-refractivity contribution in [1.82, 2.24) is 14.9 Å². The van der Waals surface area contributed by atoms with Gasteiger partial charge in [0.25, 0.3) is 0 Å². The van der Waals surface area contributed by atoms with E-state index in [1.165, 1.54) is 0 Å². The summed E-state index contributed by atoms with van der Waals surface area (Å²) in [6, 6.07) is 3.98. The Kier molecular flexibility index (Phi) is 4.85. The van der Waals surface area contributed by atoms with Crippen molar-refractivity contribution in [2.75, 3.05) is 18.8 Å². The summed E-state index contributed by atoms with van der Waals surface area (Å²) in [7, 11) is 0. The largest absolute Gasteiger partial charge is 0.384 e. The van der Waals surface area contributed by atoms with Gasteiger partial charge >= 0.3 is 0 Å². The molecule has 1 heterocycles. The van der Waals surface area contributed by atoms with Gasteiger partial charge in [-0.3, -0.25) is 4.90 Å². The van der Waals surface area contributed by atoms with Crippen LogP contribution >= 0.6 is 0 Å². The highest BCUT2D eigenvalue weighted by molar-refractivity contribution is 5.29. The van der Waals surface area contributed by atoms with Crippen molar-refractivity contribution >= 4 is 5.82 Å². The van der Waals surface area contributed by atoms with E-state index in [0.29, 0.717) is 12.4 Å². The maximum absolute atomic E-state index is 8.81. The van der Waals surface area contributed by atoms with Crippen LogP contribution in [0.1, 0.15) is 25.4 Å². The van der Waals surface area contributed by atoms with Gasteiger partial charge in [0.05, 0.1) is 18.5 Å². The van der Waals surface area contributed by atoms with Crippen molar-refractivity contribution in [3.05, 3.63) is 17.6 Å². The Bertz CT molecular complexity index is 390. The SMILES string of the molecule is CCN(Cc1nc(C)cc(N)n1)CC(C)C#N. The summed E-state index contributed by atoms with van der Waals surface area (Å²) in [6.45, 7) is 8.09. The molecule has 5 heteroatoms. The van der Waals surface area contributed by atoms with Gasteiger partial charge in [0.15, 0.2) is 0 Å². The number of nitrogens with two attached hydrogens (primary N) is 1. The first-order valence-electron chi connectivity index (χ1n) is 5.77. The summed E-state index contributed by atoms with van der Waals surface area (Å²) in [5.41, 5.74) is 6.55. The molecular formula is C12H19N5. The zero-order chi connectivity index (χ0) is 12.8. The van der Waals surface area contributed by atoms with Crippen LogP contribution in [0.3, 0.4) is 0 Å². The molecule has 0 aliphatic heterocycles. The van der Waals surface area contributed by atoms with Gasteiger partial charge in [-0.05, 0) is 20.4 Å². The predicted octanol–water partition coefficient (Wildman–Crippen LogP) is 1.35. The minimum Gasteiger partial charge on any atom is -0.384 e. The Labute approximate surface area is 102 Å². The van der Waals surface area contributed by atoms with Gasteiger partial charge in [-0.15, -0.1) is 0 Å². The molecule has 1 aromatic heterocycles. The number of hydrogen-bond acceptors (Lipinski definition) is 5. The van der Waals surface area contributed by atoms with E-state index in [2.05, 4.69) is 27.9 Å². The lowest BCUT2D eigenvalue weighted by atomic mass is 10.2. The molecule has 5 nitrogen and oxygen atoms in total. The molecule has 2 N–H and O–H groups in total. The molecule has 0 fully saturated rings. The van der Waals surface area contributed by atoms with E-state index >= 15 is 0 Å². The molecule has 0 bridgehead atoms. The summed E-state index contributed by atoms with van der Waals surface area (Å²) in [4.78, 5) is 10.7. The van der Waals surface area contributed by atoms with Crippen LogP contribution in [0.5, 0.6) is 0 Å². The summed E-state index contributed by atoms with van der Waals surface area (Å²) >= 11 is 0. The first-order chi connectivity index (χ1) is 8.05. The van der Waals surface area contributed by atoms with Crippen LogP contribution in [-0.4, -0.2) is 28.0 Å². The molecule has 1 atom stereocenters. The number of anilines is 1. The fourth-order valence-electron chi connectivity index (χ4n) is 1.66. The molecule has 0 aromatic carbocycles. The first-order valence-corrected chi connectivity index (χ1v) is 5.77. The average Bonchev–Trinajstić information content (AvgIpc) is 2.26. The Balaban J connectivity index is 2.70. The molecule has 92 valence electrons. The summed E-state index contributed by atoms with van der Waals surface area (Å²) in [6.07, 6.45) is 0. The fourth-order valence-corrected chi connectivity index (χ4v) is 1.66. The monoisotopic (exact) mass is 233 g/mol. The van der Waals surface area contributed by atoms with Gasteiger partial charge in [-0.1, -0.05) is 6.92 Å². The van der Waals surface area contributed by atoms with Gasteiger partial charge < -0.3 is 5.73 Å². The van der Waals surface area contributed by atoms with Gasteiger partial charge in [-0.2, -0.15) is 5.26 Å². The number of aromatic nitrogens is 2. The van der Waals surface area contributed by atoms with Crippen molar-refractivity contribution in [1.29, 1.82) is 5.26 Å². The number of aryl methyl sites for hydroxylation is 1. The highest BCUT2D eigenvalue weighted by Crippen LogP contribution is 2.06. The lowest BCUT2D eigenvalue weighted by molar-refractivity contribution is 0.254. The molecule has 0 aliphatic carbocycles. The quantitative estimate of drug-likeness (QED) is 0.830. The Hall–Kier alpha value is -1.67. The van der Waals surface area contributed by atoms with Crippen molar-refractivity contribution in [3.63, 3.8) is 0 Å². The van der Waals surface area contributed by atoms with E-state index < -0.39 is 0 Å². The third-order valence-corrected chi connectivity index (χ3v) is 2.49. The van der Waals surface area contributed by atoms with Crippen LogP contribution in [0.15, 0.2) is 6.07 Å². The van der Waals surface area contributed by atoms with Crippen LogP contribution in [0, 0.1) is 24.2 Å². The summed E-state index contributed by atoms with van der Waals surface area (Å²) in [5, 5.41) is 8.81. The normalized spacial score (nSPS) is 12.4. The molecule has 0 spiro atoms. The maximum Gasteiger partial charge on any atom is 0.144 e. The highest BCUT2D eigenvalue weighted by atomic mass is 15.1. The highest BCUT2D eigenvalue weighted by Gasteiger charge is 2.10. The zero-order valence-electron chi connectivity index (χ0n) is 10.6. The van der Waals surface area contributed by atoms with E-state index in [1.807, 2.05) is 13.8 Å². The van der Waals surface area contributed by atoms with Gasteiger partial charge in [0.1, 0.15) is 11.6 Å². The maximum atomic E-state index is 8.81. The third-order valence-electron chi connectivity index (χ3n) is 2.49. The van der Waals surface area contributed by atoms with E-state index in [4.69, 9.17) is 11.0 Å². The number of rotatable bonds is 5. The molecule has 0 radical (unpaired) electrons. The predicted molar refractivity (Wildman–Crippen MR) is 66.9 cm³/mol. The molecule has 17 heavy (non-hydrogen) atoms. The zero-order valence-corrected chi connectivity index (χ0v) is 10.6. The summed E-state index contributed by atoms with van der Waals surface area (Å²) in [5.74, 6) is 1.23. The number of hydrogen-bond donors (Lipinski definition) is 1. The van der Waals surface area contributed by atoms with E-state index in [1.54, 1.807) is 6.07 Å². The average molecular weight is 233 g/mol. The first kappa shape index (κ1) is 13.4. The molecule has 0 saturated carbocycles. The second kappa shape index (κ2) is 6.16. The van der Waals surface area contributed by atoms with Crippen molar-refractivity contribution in [2.45, 2.75) is 27.3 Å². The second-order valence-electron chi connectivity index (χ2n) is 4.21. The standard InChI is InChI=1S/C12H19N5/c1-4-17(7-9(2)6-13)8-12-15-10(3)5-11(14)16-12/h5,9H,4,7-8H2,1-3H3,(H2,14,15,16). The van der Waals surface area contributed by atoms with Crippen LogP contribution in [-0.2, 0) is 6.54 Å². The molecule has 1 unspecified atom stereocenters. The Morgan fingerprint density at radius 3 is 2.76 bits per heavy atom. The Morgan fingerprint density at radius 1 is 1.53 bits per heavy atom. The van der Waals surface area contributed by atoms with Gasteiger partial charge in [-0.25, -0.2) is 9.97 Å². The van der Waals surface area contributed by atoms with Crippen molar-refractivity contribution in [2.24, 2.45) is 5.92 Å². The van der Waals surface area contributed by atoms with E-state index in [9.17, 15) is 0 Å². The van der Waals surface area contributed by atoms with E-state index in [0.717, 1.165) is 24.6 Å². The van der Waals surface area contributed by atoms with E-state index in [-0.39, 0.29) is 5.92 Å². The fraction of sp³-hybridized carbons (Fsp3) is 0.583. The smallest absolute Gasteiger partial charge is 0.144 e. The Morgan fingerprint density at radius 2 is 2.24 bits per heavy atom. The molecule has 0 saturated heterocycles. The molecular weight excluding hydrogens is 214 g/mol. The lowest BCUT2D eigenvalue weighted by Gasteiger charge is -2.20. The minimum absolute atomic E-state index is 0.0112. The van der Waals surface area contributed by atoms with Crippen LogP contribution in [0.2, 0.25) is 0 Å². The van der Waals surface area contributed by atoms with Crippen molar-refractivity contribution in [3.8, 4) is 6.07 Å². The van der Waals surface area contributed by atoms with Gasteiger partial charge in [0, 0.05) is 18.3 Å². The number of nitrogens with zero attached hydrogens (tertiary/aromatic N) is 4. The van der Waals surface area contributed by atoms with Crippen LogP contribution in [0.25, 0.3) is 0 Å². The molecule has 1 rings (SSSR count). The topological polar surface area (TPSA) is 78.8 Å².